The Balaban J connectivity index is 1.43. The van der Waals surface area contributed by atoms with Crippen molar-refractivity contribution < 1.29 is 9.18 Å². The zero-order chi connectivity index (χ0) is 22.8. The summed E-state index contributed by atoms with van der Waals surface area (Å²) in [6, 6.07) is 12.3. The number of benzene rings is 1. The molecule has 0 bridgehead atoms. The van der Waals surface area contributed by atoms with Crippen LogP contribution in [-0.4, -0.2) is 33.5 Å². The molecule has 1 atom stereocenters. The lowest BCUT2D eigenvalue weighted by atomic mass is 9.99. The highest BCUT2D eigenvalue weighted by atomic mass is 35.5. The second-order valence-electron chi connectivity index (χ2n) is 8.28. The predicted molar refractivity (Wildman–Crippen MR) is 128 cm³/mol. The molecular weight excluding hydrogens is 441 g/mol. The van der Waals surface area contributed by atoms with Gasteiger partial charge < -0.3 is 15.2 Å². The number of aromatic nitrogens is 3. The van der Waals surface area contributed by atoms with Crippen molar-refractivity contribution >= 4 is 34.2 Å². The minimum Gasteiger partial charge on any atom is -0.343 e. The van der Waals surface area contributed by atoms with Gasteiger partial charge in [0.05, 0.1) is 22.2 Å². The molecule has 1 unspecified atom stereocenters. The molecule has 6 nitrogen and oxygen atoms in total. The van der Waals surface area contributed by atoms with E-state index in [2.05, 4.69) is 20.6 Å². The highest BCUT2D eigenvalue weighted by Gasteiger charge is 2.21. The molecule has 1 amide bonds. The second kappa shape index (κ2) is 9.29. The van der Waals surface area contributed by atoms with Gasteiger partial charge in [-0.25, -0.2) is 9.37 Å². The fourth-order valence-electron chi connectivity index (χ4n) is 4.21. The molecule has 3 aromatic heterocycles. The van der Waals surface area contributed by atoms with Gasteiger partial charge >= 0.3 is 0 Å². The number of carbonyl (C=O) groups is 1. The van der Waals surface area contributed by atoms with E-state index in [0.29, 0.717) is 35.2 Å². The fourth-order valence-corrected chi connectivity index (χ4v) is 4.41. The van der Waals surface area contributed by atoms with Crippen LogP contribution >= 0.6 is 11.6 Å². The van der Waals surface area contributed by atoms with Gasteiger partial charge in [0.15, 0.2) is 0 Å². The Morgan fingerprint density at radius 3 is 2.94 bits per heavy atom. The first-order chi connectivity index (χ1) is 16.1. The van der Waals surface area contributed by atoms with Crippen LogP contribution in [0, 0.1) is 11.7 Å². The van der Waals surface area contributed by atoms with Crippen molar-refractivity contribution in [1.82, 2.24) is 19.9 Å². The van der Waals surface area contributed by atoms with Crippen molar-refractivity contribution in [2.75, 3.05) is 18.4 Å². The van der Waals surface area contributed by atoms with E-state index in [0.717, 1.165) is 35.9 Å². The highest BCUT2D eigenvalue weighted by Crippen LogP contribution is 2.30. The summed E-state index contributed by atoms with van der Waals surface area (Å²) in [6.45, 7) is 2.15. The zero-order valence-electron chi connectivity index (χ0n) is 17.9. The summed E-state index contributed by atoms with van der Waals surface area (Å²) >= 11 is 6.45. The first-order valence-electron chi connectivity index (χ1n) is 10.9. The Morgan fingerprint density at radius 1 is 1.21 bits per heavy atom. The largest absolute Gasteiger partial charge is 0.343 e. The Kier molecular flexibility index (Phi) is 6.07. The maximum atomic E-state index is 13.6. The van der Waals surface area contributed by atoms with Gasteiger partial charge in [-0.2, -0.15) is 0 Å². The number of halogens is 2. The summed E-state index contributed by atoms with van der Waals surface area (Å²) in [4.78, 5) is 21.5. The van der Waals surface area contributed by atoms with E-state index in [1.807, 2.05) is 29.0 Å². The Labute approximate surface area is 195 Å². The summed E-state index contributed by atoms with van der Waals surface area (Å²) in [5.74, 6) is 0.0751. The van der Waals surface area contributed by atoms with Crippen LogP contribution in [0.3, 0.4) is 0 Å². The van der Waals surface area contributed by atoms with E-state index in [-0.39, 0.29) is 17.6 Å². The van der Waals surface area contributed by atoms with Crippen LogP contribution in [-0.2, 0) is 11.3 Å². The number of pyridine rings is 2. The first-order valence-corrected chi connectivity index (χ1v) is 11.3. The molecular formula is C25H23ClFN5O. The van der Waals surface area contributed by atoms with Crippen molar-refractivity contribution in [3.05, 3.63) is 77.5 Å². The predicted octanol–water partition coefficient (Wildman–Crippen LogP) is 4.88. The van der Waals surface area contributed by atoms with E-state index < -0.39 is 0 Å². The quantitative estimate of drug-likeness (QED) is 0.442. The number of fused-ring (bicyclic) bond motifs is 1. The van der Waals surface area contributed by atoms with Gasteiger partial charge in [-0.15, -0.1) is 0 Å². The van der Waals surface area contributed by atoms with Gasteiger partial charge in [0.1, 0.15) is 11.6 Å². The molecule has 1 aliphatic rings. The molecule has 33 heavy (non-hydrogen) atoms. The van der Waals surface area contributed by atoms with Crippen LogP contribution in [0.4, 0.5) is 10.2 Å². The van der Waals surface area contributed by atoms with Gasteiger partial charge in [0.2, 0.25) is 5.91 Å². The highest BCUT2D eigenvalue weighted by molar-refractivity contribution is 6.33. The molecule has 1 aromatic carbocycles. The molecule has 0 saturated carbocycles. The molecule has 5 rings (SSSR count). The standard InChI is InChI=1S/C25H23ClFN5O/c26-21-14-30-24(31-25(33)18-4-2-7-28-12-18)10-20(21)22-11-23-17(13-29-22)6-8-32(23)15-16-3-1-5-19(27)9-16/h1,3,5-6,8-11,13-14,18,28H,2,4,7,12,15H2,(H,30,31,33). The monoisotopic (exact) mass is 463 g/mol. The van der Waals surface area contributed by atoms with E-state index in [9.17, 15) is 9.18 Å². The van der Waals surface area contributed by atoms with E-state index in [4.69, 9.17) is 11.6 Å². The first kappa shape index (κ1) is 21.6. The number of hydrogen-bond donors (Lipinski definition) is 2. The van der Waals surface area contributed by atoms with Crippen molar-refractivity contribution in [2.24, 2.45) is 5.92 Å². The lowest BCUT2D eigenvalue weighted by molar-refractivity contribution is -0.120. The van der Waals surface area contributed by atoms with E-state index in [1.165, 1.54) is 18.3 Å². The van der Waals surface area contributed by atoms with E-state index in [1.54, 1.807) is 18.3 Å². The van der Waals surface area contributed by atoms with Gasteiger partial charge in [-0.1, -0.05) is 23.7 Å². The van der Waals surface area contributed by atoms with E-state index >= 15 is 0 Å². The van der Waals surface area contributed by atoms with Crippen LogP contribution in [0.5, 0.6) is 0 Å². The Morgan fingerprint density at radius 2 is 2.12 bits per heavy atom. The zero-order valence-corrected chi connectivity index (χ0v) is 18.6. The molecule has 1 aliphatic heterocycles. The molecule has 1 saturated heterocycles. The third kappa shape index (κ3) is 4.74. The summed E-state index contributed by atoms with van der Waals surface area (Å²) in [5, 5.41) is 7.58. The Bertz CT molecular complexity index is 1320. The molecule has 8 heteroatoms. The summed E-state index contributed by atoms with van der Waals surface area (Å²) in [6.07, 6.45) is 7.12. The summed E-state index contributed by atoms with van der Waals surface area (Å²) in [7, 11) is 0. The average molecular weight is 464 g/mol. The van der Waals surface area contributed by atoms with Crippen LogP contribution in [0.15, 0.2) is 61.1 Å². The van der Waals surface area contributed by atoms with Crippen molar-refractivity contribution in [3.63, 3.8) is 0 Å². The molecule has 4 aromatic rings. The van der Waals surface area contributed by atoms with Crippen LogP contribution in [0.25, 0.3) is 22.2 Å². The molecule has 2 N–H and O–H groups in total. The Hall–Kier alpha value is -3.29. The normalized spacial score (nSPS) is 16.1. The van der Waals surface area contributed by atoms with Crippen molar-refractivity contribution in [1.29, 1.82) is 0 Å². The van der Waals surface area contributed by atoms with Crippen LogP contribution in [0.1, 0.15) is 18.4 Å². The van der Waals surface area contributed by atoms with Crippen molar-refractivity contribution in [3.8, 4) is 11.3 Å². The fraction of sp³-hybridized carbons (Fsp3) is 0.240. The smallest absolute Gasteiger partial charge is 0.229 e. The summed E-state index contributed by atoms with van der Waals surface area (Å²) < 4.78 is 15.7. The molecule has 0 aliphatic carbocycles. The molecule has 0 radical (unpaired) electrons. The van der Waals surface area contributed by atoms with Gasteiger partial charge in [0, 0.05) is 42.6 Å². The topological polar surface area (TPSA) is 71.8 Å². The number of amides is 1. The SMILES string of the molecule is O=C(Nc1cc(-c2cc3c(ccn3Cc3cccc(F)c3)cn2)c(Cl)cn1)C1CCCNC1. The van der Waals surface area contributed by atoms with Gasteiger partial charge in [-0.3, -0.25) is 9.78 Å². The molecule has 168 valence electrons. The lowest BCUT2D eigenvalue weighted by Gasteiger charge is -2.21. The third-order valence-corrected chi connectivity index (χ3v) is 6.25. The molecule has 1 fully saturated rings. The number of piperidine rings is 1. The number of anilines is 1. The lowest BCUT2D eigenvalue weighted by Crippen LogP contribution is -2.37. The number of hydrogen-bond acceptors (Lipinski definition) is 4. The summed E-state index contributed by atoms with van der Waals surface area (Å²) in [5.41, 5.74) is 3.18. The number of nitrogens with zero attached hydrogens (tertiary/aromatic N) is 3. The minimum absolute atomic E-state index is 0.0460. The average Bonchev–Trinajstić information content (AvgIpc) is 3.23. The van der Waals surface area contributed by atoms with Gasteiger partial charge in [0.25, 0.3) is 0 Å². The molecule has 4 heterocycles. The van der Waals surface area contributed by atoms with Crippen LogP contribution in [0.2, 0.25) is 5.02 Å². The maximum Gasteiger partial charge on any atom is 0.229 e. The second-order valence-corrected chi connectivity index (χ2v) is 8.69. The number of nitrogens with one attached hydrogen (secondary N) is 2. The number of carbonyl (C=O) groups excluding carboxylic acids is 1. The van der Waals surface area contributed by atoms with Crippen molar-refractivity contribution in [2.45, 2.75) is 19.4 Å². The number of rotatable bonds is 5. The maximum absolute atomic E-state index is 13.6. The van der Waals surface area contributed by atoms with Crippen LogP contribution < -0.4 is 10.6 Å². The minimum atomic E-state index is -0.256. The van der Waals surface area contributed by atoms with Gasteiger partial charge in [-0.05, 0) is 55.3 Å². The third-order valence-electron chi connectivity index (χ3n) is 5.95. The molecule has 0 spiro atoms.